The van der Waals surface area contributed by atoms with Crippen molar-refractivity contribution in [2.45, 2.75) is 50.5 Å². The topological polar surface area (TPSA) is 96.0 Å². The molecule has 0 amide bonds. The lowest BCUT2D eigenvalue weighted by Crippen LogP contribution is -2.46. The van der Waals surface area contributed by atoms with Gasteiger partial charge in [0.1, 0.15) is 4.90 Å². The monoisotopic (exact) mass is 307 g/mol. The number of sulfonamides is 1. The molecule has 1 aliphatic rings. The third-order valence-electron chi connectivity index (χ3n) is 4.23. The SMILES string of the molecule is CC1(C)CCCCC1NS(=O)(=O)c1ccc(C#N)cc1N. The van der Waals surface area contributed by atoms with Gasteiger partial charge in [0.25, 0.3) is 0 Å². The quantitative estimate of drug-likeness (QED) is 0.838. The molecule has 2 rings (SSSR count). The summed E-state index contributed by atoms with van der Waals surface area (Å²) in [5, 5.41) is 8.81. The van der Waals surface area contributed by atoms with Crippen LogP contribution in [-0.2, 0) is 10.0 Å². The minimum Gasteiger partial charge on any atom is -0.398 e. The zero-order chi connectivity index (χ0) is 15.7. The summed E-state index contributed by atoms with van der Waals surface area (Å²) in [4.78, 5) is 0.0443. The molecule has 0 aromatic heterocycles. The van der Waals surface area contributed by atoms with Crippen molar-refractivity contribution in [1.82, 2.24) is 4.72 Å². The molecule has 0 radical (unpaired) electrons. The van der Waals surface area contributed by atoms with Crippen molar-refractivity contribution >= 4 is 15.7 Å². The fourth-order valence-corrected chi connectivity index (χ4v) is 4.38. The van der Waals surface area contributed by atoms with Gasteiger partial charge in [0.15, 0.2) is 0 Å². The van der Waals surface area contributed by atoms with Gasteiger partial charge < -0.3 is 5.73 Å². The third kappa shape index (κ3) is 3.36. The first-order valence-corrected chi connectivity index (χ1v) is 8.56. The molecule has 6 heteroatoms. The Morgan fingerprint density at radius 3 is 2.67 bits per heavy atom. The van der Waals surface area contributed by atoms with Gasteiger partial charge in [0.2, 0.25) is 10.0 Å². The Labute approximate surface area is 126 Å². The standard InChI is InChI=1S/C15H21N3O2S/c1-15(2)8-4-3-5-14(15)18-21(19,20)13-7-6-11(10-16)9-12(13)17/h6-7,9,14,18H,3-5,8,17H2,1-2H3. The molecule has 0 bridgehead atoms. The van der Waals surface area contributed by atoms with E-state index in [4.69, 9.17) is 11.0 Å². The van der Waals surface area contributed by atoms with Gasteiger partial charge in [-0.3, -0.25) is 0 Å². The highest BCUT2D eigenvalue weighted by atomic mass is 32.2. The molecule has 1 fully saturated rings. The predicted octanol–water partition coefficient (Wildman–Crippen LogP) is 2.39. The van der Waals surface area contributed by atoms with Crippen LogP contribution in [-0.4, -0.2) is 14.5 Å². The average Bonchev–Trinajstić information content (AvgIpc) is 2.40. The van der Waals surface area contributed by atoms with E-state index in [1.807, 2.05) is 6.07 Å². The van der Waals surface area contributed by atoms with Crippen molar-refractivity contribution < 1.29 is 8.42 Å². The van der Waals surface area contributed by atoms with Gasteiger partial charge in [-0.15, -0.1) is 0 Å². The van der Waals surface area contributed by atoms with Gasteiger partial charge in [0, 0.05) is 6.04 Å². The summed E-state index contributed by atoms with van der Waals surface area (Å²) in [7, 11) is -3.67. The minimum absolute atomic E-state index is 0.0443. The summed E-state index contributed by atoms with van der Waals surface area (Å²) >= 11 is 0. The lowest BCUT2D eigenvalue weighted by Gasteiger charge is -2.38. The predicted molar refractivity (Wildman–Crippen MR) is 81.9 cm³/mol. The highest BCUT2D eigenvalue weighted by molar-refractivity contribution is 7.89. The third-order valence-corrected chi connectivity index (χ3v) is 5.78. The van der Waals surface area contributed by atoms with Crippen molar-refractivity contribution in [3.05, 3.63) is 23.8 Å². The number of nitrogens with two attached hydrogens (primary N) is 1. The van der Waals surface area contributed by atoms with Crippen LogP contribution in [0.25, 0.3) is 0 Å². The molecule has 0 aliphatic heterocycles. The number of rotatable bonds is 3. The first-order chi connectivity index (χ1) is 9.76. The van der Waals surface area contributed by atoms with E-state index in [0.29, 0.717) is 5.56 Å². The van der Waals surface area contributed by atoms with E-state index in [-0.39, 0.29) is 22.0 Å². The van der Waals surface area contributed by atoms with E-state index in [0.717, 1.165) is 25.7 Å². The molecule has 114 valence electrons. The number of hydrogen-bond acceptors (Lipinski definition) is 4. The van der Waals surface area contributed by atoms with Gasteiger partial charge >= 0.3 is 0 Å². The van der Waals surface area contributed by atoms with Gasteiger partial charge in [0.05, 0.1) is 17.3 Å². The summed E-state index contributed by atoms with van der Waals surface area (Å²) in [5.74, 6) is 0. The number of nitrogen functional groups attached to an aromatic ring is 1. The molecule has 3 N–H and O–H groups in total. The average molecular weight is 307 g/mol. The Bertz CT molecular complexity index is 675. The second-order valence-corrected chi connectivity index (χ2v) is 7.96. The van der Waals surface area contributed by atoms with Crippen molar-refractivity contribution in [3.63, 3.8) is 0 Å². The van der Waals surface area contributed by atoms with Crippen molar-refractivity contribution in [2.24, 2.45) is 5.41 Å². The number of hydrogen-bond donors (Lipinski definition) is 2. The summed E-state index contributed by atoms with van der Waals surface area (Å²) in [6, 6.07) is 6.11. The van der Waals surface area contributed by atoms with Crippen LogP contribution < -0.4 is 10.5 Å². The maximum atomic E-state index is 12.5. The van der Waals surface area contributed by atoms with E-state index in [1.54, 1.807) is 0 Å². The number of benzene rings is 1. The molecule has 1 aliphatic carbocycles. The van der Waals surface area contributed by atoms with Gasteiger partial charge in [-0.1, -0.05) is 26.7 Å². The summed E-state index contributed by atoms with van der Waals surface area (Å²) < 4.78 is 27.9. The zero-order valence-electron chi connectivity index (χ0n) is 12.4. The number of nitriles is 1. The van der Waals surface area contributed by atoms with Crippen molar-refractivity contribution in [3.8, 4) is 6.07 Å². The Morgan fingerprint density at radius 2 is 2.10 bits per heavy atom. The highest BCUT2D eigenvalue weighted by Crippen LogP contribution is 2.36. The Hall–Kier alpha value is -1.58. The summed E-state index contributed by atoms with van der Waals surface area (Å²) in [5.41, 5.74) is 6.18. The van der Waals surface area contributed by atoms with Crippen LogP contribution in [0, 0.1) is 16.7 Å². The molecule has 0 saturated heterocycles. The van der Waals surface area contributed by atoms with Crippen LogP contribution >= 0.6 is 0 Å². The van der Waals surface area contributed by atoms with Gasteiger partial charge in [-0.2, -0.15) is 5.26 Å². The fourth-order valence-electron chi connectivity index (χ4n) is 2.83. The van der Waals surface area contributed by atoms with Crippen LogP contribution in [0.4, 0.5) is 5.69 Å². The van der Waals surface area contributed by atoms with Crippen molar-refractivity contribution in [1.29, 1.82) is 5.26 Å². The maximum Gasteiger partial charge on any atom is 0.242 e. The first-order valence-electron chi connectivity index (χ1n) is 7.08. The molecule has 1 aromatic rings. The van der Waals surface area contributed by atoms with Gasteiger partial charge in [-0.05, 0) is 36.5 Å². The normalized spacial score (nSPS) is 21.7. The lowest BCUT2D eigenvalue weighted by molar-refractivity contribution is 0.188. The highest BCUT2D eigenvalue weighted by Gasteiger charge is 2.35. The van der Waals surface area contributed by atoms with Crippen LogP contribution in [0.2, 0.25) is 0 Å². The Morgan fingerprint density at radius 1 is 1.38 bits per heavy atom. The summed E-state index contributed by atoms with van der Waals surface area (Å²) in [6.07, 6.45) is 4.00. The molecule has 0 heterocycles. The molecule has 1 aromatic carbocycles. The second-order valence-electron chi connectivity index (χ2n) is 6.27. The molecule has 1 saturated carbocycles. The van der Waals surface area contributed by atoms with E-state index >= 15 is 0 Å². The smallest absolute Gasteiger partial charge is 0.242 e. The summed E-state index contributed by atoms with van der Waals surface area (Å²) in [6.45, 7) is 4.17. The van der Waals surface area contributed by atoms with E-state index in [1.165, 1.54) is 18.2 Å². The Kier molecular flexibility index (Phi) is 4.26. The second kappa shape index (κ2) is 5.66. The molecule has 0 spiro atoms. The number of nitrogens with zero attached hydrogens (tertiary/aromatic N) is 1. The van der Waals surface area contributed by atoms with Crippen LogP contribution in [0.15, 0.2) is 23.1 Å². The van der Waals surface area contributed by atoms with E-state index in [2.05, 4.69) is 18.6 Å². The Balaban J connectivity index is 2.28. The lowest BCUT2D eigenvalue weighted by atomic mass is 9.74. The molecular weight excluding hydrogens is 286 g/mol. The van der Waals surface area contributed by atoms with E-state index < -0.39 is 10.0 Å². The largest absolute Gasteiger partial charge is 0.398 e. The molecule has 21 heavy (non-hydrogen) atoms. The maximum absolute atomic E-state index is 12.5. The number of anilines is 1. The number of nitrogens with one attached hydrogen (secondary N) is 1. The van der Waals surface area contributed by atoms with Crippen LogP contribution in [0.5, 0.6) is 0 Å². The molecule has 5 nitrogen and oxygen atoms in total. The molecular formula is C15H21N3O2S. The van der Waals surface area contributed by atoms with E-state index in [9.17, 15) is 8.42 Å². The van der Waals surface area contributed by atoms with Crippen molar-refractivity contribution in [2.75, 3.05) is 5.73 Å². The first kappa shape index (κ1) is 15.8. The minimum atomic E-state index is -3.67. The van der Waals surface area contributed by atoms with Crippen LogP contribution in [0.3, 0.4) is 0 Å². The van der Waals surface area contributed by atoms with Crippen LogP contribution in [0.1, 0.15) is 45.1 Å². The zero-order valence-corrected chi connectivity index (χ0v) is 13.2. The molecule has 1 atom stereocenters. The molecule has 1 unspecified atom stereocenters. The fraction of sp³-hybridized carbons (Fsp3) is 0.533. The van der Waals surface area contributed by atoms with Gasteiger partial charge in [-0.25, -0.2) is 13.1 Å².